The quantitative estimate of drug-likeness (QED) is 0.713. The highest BCUT2D eigenvalue weighted by atomic mass is 19.1. The van der Waals surface area contributed by atoms with Crippen molar-refractivity contribution in [2.45, 2.75) is 13.1 Å². The van der Waals surface area contributed by atoms with E-state index in [9.17, 15) is 4.39 Å². The predicted molar refractivity (Wildman–Crippen MR) is 53.7 cm³/mol. The van der Waals surface area contributed by atoms with Crippen molar-refractivity contribution in [3.8, 4) is 5.75 Å². The topological polar surface area (TPSA) is 12.5 Å². The van der Waals surface area contributed by atoms with E-state index < -0.39 is 6.17 Å². The number of nitrogens with zero attached hydrogens (tertiary/aromatic N) is 1. The molecule has 1 radical (unpaired) electrons. The zero-order valence-electron chi connectivity index (χ0n) is 8.38. The van der Waals surface area contributed by atoms with Crippen molar-refractivity contribution >= 4 is 5.69 Å². The summed E-state index contributed by atoms with van der Waals surface area (Å²) < 4.78 is 17.9. The molecule has 1 aromatic rings. The largest absolute Gasteiger partial charge is 0.496 e. The van der Waals surface area contributed by atoms with Crippen LogP contribution in [0.5, 0.6) is 5.75 Å². The summed E-state index contributed by atoms with van der Waals surface area (Å²) >= 11 is 0. The van der Waals surface area contributed by atoms with Crippen LogP contribution >= 0.6 is 0 Å². The van der Waals surface area contributed by atoms with Crippen molar-refractivity contribution in [1.82, 2.24) is 0 Å². The van der Waals surface area contributed by atoms with E-state index >= 15 is 0 Å². The van der Waals surface area contributed by atoms with Gasteiger partial charge in [0, 0.05) is 11.6 Å². The van der Waals surface area contributed by atoms with Crippen LogP contribution in [0.4, 0.5) is 10.1 Å². The van der Waals surface area contributed by atoms with Crippen LogP contribution in [0, 0.1) is 13.0 Å². The van der Waals surface area contributed by atoms with Crippen molar-refractivity contribution < 1.29 is 9.13 Å². The number of hydrogen-bond acceptors (Lipinski definition) is 2. The van der Waals surface area contributed by atoms with E-state index in [1.54, 1.807) is 7.11 Å². The first-order valence-corrected chi connectivity index (χ1v) is 4.66. The fraction of sp³-hybridized carbons (Fsp3) is 0.455. The lowest BCUT2D eigenvalue weighted by atomic mass is 10.1. The van der Waals surface area contributed by atoms with Gasteiger partial charge in [0.15, 0.2) is 0 Å². The summed E-state index contributed by atoms with van der Waals surface area (Å²) in [5, 5.41) is 0. The van der Waals surface area contributed by atoms with Crippen LogP contribution in [-0.4, -0.2) is 26.4 Å². The molecule has 2 rings (SSSR count). The lowest BCUT2D eigenvalue weighted by molar-refractivity contribution is 0.274. The number of halogens is 1. The number of anilines is 1. The molecule has 3 heteroatoms. The molecule has 14 heavy (non-hydrogen) atoms. The van der Waals surface area contributed by atoms with Crippen LogP contribution in [0.2, 0.25) is 0 Å². The zero-order valence-corrected chi connectivity index (χ0v) is 8.38. The molecule has 1 heterocycles. The molecule has 1 aromatic carbocycles. The van der Waals surface area contributed by atoms with Gasteiger partial charge in [-0.05, 0) is 19.1 Å². The minimum atomic E-state index is -0.686. The highest BCUT2D eigenvalue weighted by Crippen LogP contribution is 2.30. The molecule has 0 bridgehead atoms. The first kappa shape index (κ1) is 9.31. The third-order valence-electron chi connectivity index (χ3n) is 2.55. The average molecular weight is 194 g/mol. The van der Waals surface area contributed by atoms with E-state index in [4.69, 9.17) is 4.74 Å². The number of alkyl halides is 1. The van der Waals surface area contributed by atoms with Crippen molar-refractivity contribution in [3.05, 3.63) is 23.8 Å². The number of hydrogen-bond donors (Lipinski definition) is 0. The van der Waals surface area contributed by atoms with E-state index in [0.717, 1.165) is 17.0 Å². The first-order valence-electron chi connectivity index (χ1n) is 4.66. The molecule has 0 spiro atoms. The Morgan fingerprint density at radius 3 is 2.86 bits per heavy atom. The maximum Gasteiger partial charge on any atom is 0.135 e. The van der Waals surface area contributed by atoms with Crippen LogP contribution in [0.25, 0.3) is 0 Å². The summed E-state index contributed by atoms with van der Waals surface area (Å²) in [6.07, 6.45) is -0.686. The smallest absolute Gasteiger partial charge is 0.135 e. The minimum Gasteiger partial charge on any atom is -0.496 e. The maximum absolute atomic E-state index is 12.7. The maximum atomic E-state index is 12.7. The fourth-order valence-electron chi connectivity index (χ4n) is 1.70. The normalized spacial score (nSPS) is 16.6. The Balaban J connectivity index is 2.25. The van der Waals surface area contributed by atoms with Gasteiger partial charge in [-0.2, -0.15) is 0 Å². The molecule has 0 aromatic heterocycles. The summed E-state index contributed by atoms with van der Waals surface area (Å²) in [5.41, 5.74) is 1.99. The Kier molecular flexibility index (Phi) is 2.32. The number of methoxy groups -OCH3 is 1. The van der Waals surface area contributed by atoms with Gasteiger partial charge in [-0.3, -0.25) is 0 Å². The zero-order chi connectivity index (χ0) is 10.1. The molecule has 2 nitrogen and oxygen atoms in total. The molecule has 1 aliphatic rings. The molecule has 1 saturated heterocycles. The van der Waals surface area contributed by atoms with Crippen LogP contribution in [-0.2, 0) is 0 Å². The highest BCUT2D eigenvalue weighted by molar-refractivity contribution is 5.59. The second kappa shape index (κ2) is 3.48. The molecule has 1 fully saturated rings. The Bertz CT molecular complexity index is 334. The lowest BCUT2D eigenvalue weighted by Gasteiger charge is -2.37. The van der Waals surface area contributed by atoms with Gasteiger partial charge in [-0.25, -0.2) is 4.39 Å². The summed E-state index contributed by atoms with van der Waals surface area (Å²) in [6, 6.07) is 6.79. The monoisotopic (exact) mass is 194 g/mol. The Hall–Kier alpha value is -1.25. The van der Waals surface area contributed by atoms with Crippen molar-refractivity contribution in [3.63, 3.8) is 0 Å². The third-order valence-corrected chi connectivity index (χ3v) is 2.55. The Morgan fingerprint density at radius 1 is 1.57 bits per heavy atom. The van der Waals surface area contributed by atoms with Crippen molar-refractivity contribution in [2.24, 2.45) is 0 Å². The summed E-state index contributed by atoms with van der Waals surface area (Å²) in [4.78, 5) is 1.97. The number of ether oxygens (including phenoxy) is 1. The molecule has 0 saturated carbocycles. The fourth-order valence-corrected chi connectivity index (χ4v) is 1.70. The van der Waals surface area contributed by atoms with Gasteiger partial charge in [0.25, 0.3) is 0 Å². The molecule has 0 N–H and O–H groups in total. The van der Waals surface area contributed by atoms with E-state index in [0.29, 0.717) is 13.1 Å². The number of rotatable bonds is 2. The third kappa shape index (κ3) is 1.43. The van der Waals surface area contributed by atoms with E-state index in [1.807, 2.05) is 24.0 Å². The van der Waals surface area contributed by atoms with Crippen LogP contribution in [0.15, 0.2) is 12.1 Å². The Morgan fingerprint density at radius 2 is 2.29 bits per heavy atom. The SMILES string of the molecule is COc1cc[c]c(N2CC(F)C2)c1C. The molecule has 0 atom stereocenters. The molecular formula is C11H13FNO. The van der Waals surface area contributed by atoms with Gasteiger partial charge in [0.05, 0.1) is 25.9 Å². The average Bonchev–Trinajstić information content (AvgIpc) is 2.14. The van der Waals surface area contributed by atoms with Gasteiger partial charge in [-0.1, -0.05) is 0 Å². The molecule has 1 aliphatic heterocycles. The first-order chi connectivity index (χ1) is 6.72. The van der Waals surface area contributed by atoms with Gasteiger partial charge >= 0.3 is 0 Å². The van der Waals surface area contributed by atoms with Gasteiger partial charge in [-0.15, -0.1) is 0 Å². The second-order valence-corrected chi connectivity index (χ2v) is 3.52. The molecule has 0 unspecified atom stereocenters. The Labute approximate surface area is 83.3 Å². The van der Waals surface area contributed by atoms with E-state index in [1.165, 1.54) is 0 Å². The minimum absolute atomic E-state index is 0.477. The van der Waals surface area contributed by atoms with E-state index in [2.05, 4.69) is 6.07 Å². The van der Waals surface area contributed by atoms with Crippen LogP contribution in [0.1, 0.15) is 5.56 Å². The highest BCUT2D eigenvalue weighted by Gasteiger charge is 2.27. The summed E-state index contributed by atoms with van der Waals surface area (Å²) in [5.74, 6) is 0.834. The summed E-state index contributed by atoms with van der Waals surface area (Å²) in [6.45, 7) is 2.92. The standard InChI is InChI=1S/C11H13FNO/c1-8-10(13-6-9(12)7-13)4-3-5-11(8)14-2/h3,5,9H,6-7H2,1-2H3. The van der Waals surface area contributed by atoms with Gasteiger partial charge < -0.3 is 9.64 Å². The number of benzene rings is 1. The predicted octanol–water partition coefficient (Wildman–Crippen LogP) is 1.96. The van der Waals surface area contributed by atoms with E-state index in [-0.39, 0.29) is 0 Å². The van der Waals surface area contributed by atoms with Crippen molar-refractivity contribution in [2.75, 3.05) is 25.1 Å². The van der Waals surface area contributed by atoms with Crippen LogP contribution in [0.3, 0.4) is 0 Å². The molecular weight excluding hydrogens is 181 g/mol. The summed E-state index contributed by atoms with van der Waals surface area (Å²) in [7, 11) is 1.64. The van der Waals surface area contributed by atoms with Crippen molar-refractivity contribution in [1.29, 1.82) is 0 Å². The molecule has 75 valence electrons. The molecule has 0 aliphatic carbocycles. The molecule has 0 amide bonds. The van der Waals surface area contributed by atoms with Crippen LogP contribution < -0.4 is 9.64 Å². The van der Waals surface area contributed by atoms with Gasteiger partial charge in [0.2, 0.25) is 0 Å². The van der Waals surface area contributed by atoms with Gasteiger partial charge in [0.1, 0.15) is 11.9 Å². The lowest BCUT2D eigenvalue weighted by Crippen LogP contribution is -2.48. The second-order valence-electron chi connectivity index (χ2n) is 3.52.